The van der Waals surface area contributed by atoms with Gasteiger partial charge in [0.15, 0.2) is 0 Å². The van der Waals surface area contributed by atoms with Gasteiger partial charge in [0.2, 0.25) is 0 Å². The highest BCUT2D eigenvalue weighted by atomic mass is 16.3. The molecule has 0 spiro atoms. The lowest BCUT2D eigenvalue weighted by Crippen LogP contribution is -2.41. The zero-order chi connectivity index (χ0) is 15.8. The third-order valence-electron chi connectivity index (χ3n) is 4.66. The van der Waals surface area contributed by atoms with E-state index in [1.165, 1.54) is 5.56 Å². The molecule has 0 bridgehead atoms. The third kappa shape index (κ3) is 2.23. The van der Waals surface area contributed by atoms with Gasteiger partial charge in [0.25, 0.3) is 5.91 Å². The molecule has 23 heavy (non-hydrogen) atoms. The van der Waals surface area contributed by atoms with Crippen LogP contribution in [0.4, 0.5) is 0 Å². The van der Waals surface area contributed by atoms with Crippen molar-refractivity contribution in [1.29, 1.82) is 0 Å². The van der Waals surface area contributed by atoms with Crippen molar-refractivity contribution >= 4 is 16.8 Å². The number of hydrogen-bond donors (Lipinski definition) is 2. The lowest BCUT2D eigenvalue weighted by molar-refractivity contribution is 0.0570. The van der Waals surface area contributed by atoms with Gasteiger partial charge in [0.1, 0.15) is 0 Å². The molecule has 1 aromatic heterocycles. The van der Waals surface area contributed by atoms with E-state index in [0.29, 0.717) is 12.1 Å². The fourth-order valence-electron chi connectivity index (χ4n) is 3.51. The van der Waals surface area contributed by atoms with Crippen LogP contribution in [0.3, 0.4) is 0 Å². The van der Waals surface area contributed by atoms with E-state index in [4.69, 9.17) is 0 Å². The van der Waals surface area contributed by atoms with Gasteiger partial charge in [-0.05, 0) is 29.7 Å². The Bertz CT molecular complexity index is 868. The Morgan fingerprint density at radius 1 is 1.17 bits per heavy atom. The Hall–Kier alpha value is -2.59. The van der Waals surface area contributed by atoms with Crippen molar-refractivity contribution in [1.82, 2.24) is 9.88 Å². The summed E-state index contributed by atoms with van der Waals surface area (Å²) >= 11 is 0. The summed E-state index contributed by atoms with van der Waals surface area (Å²) in [5.41, 5.74) is 3.78. The van der Waals surface area contributed by atoms with Gasteiger partial charge in [-0.15, -0.1) is 0 Å². The molecule has 1 unspecified atom stereocenters. The Labute approximate surface area is 134 Å². The summed E-state index contributed by atoms with van der Waals surface area (Å²) in [6.07, 6.45) is 2.66. The van der Waals surface area contributed by atoms with Crippen molar-refractivity contribution in [2.45, 2.75) is 12.5 Å². The normalized spacial score (nSPS) is 17.3. The molecule has 1 atom stereocenters. The minimum absolute atomic E-state index is 0.0356. The Balaban J connectivity index is 1.75. The lowest BCUT2D eigenvalue weighted by Gasteiger charge is -2.36. The van der Waals surface area contributed by atoms with Gasteiger partial charge in [-0.2, -0.15) is 0 Å². The molecule has 116 valence electrons. The smallest absolute Gasteiger partial charge is 0.256 e. The van der Waals surface area contributed by atoms with Crippen LogP contribution in [-0.4, -0.2) is 34.0 Å². The first kappa shape index (κ1) is 14.0. The fraction of sp³-hybridized carbons (Fsp3) is 0.211. The van der Waals surface area contributed by atoms with Crippen LogP contribution < -0.4 is 0 Å². The zero-order valence-electron chi connectivity index (χ0n) is 12.7. The van der Waals surface area contributed by atoms with Crippen molar-refractivity contribution in [3.63, 3.8) is 0 Å². The molecule has 1 aliphatic rings. The molecule has 0 radical (unpaired) electrons. The number of amides is 1. The maximum Gasteiger partial charge on any atom is 0.256 e. The van der Waals surface area contributed by atoms with Crippen molar-refractivity contribution in [2.24, 2.45) is 0 Å². The van der Waals surface area contributed by atoms with Crippen LogP contribution in [0.25, 0.3) is 10.9 Å². The monoisotopic (exact) mass is 306 g/mol. The SMILES string of the molecule is O=C(c1cccc2cc[nH]c12)N1CCc2ccccc2C1CO. The van der Waals surface area contributed by atoms with E-state index in [-0.39, 0.29) is 18.6 Å². The molecule has 4 rings (SSSR count). The molecule has 0 saturated carbocycles. The molecule has 0 fully saturated rings. The number of benzene rings is 2. The molecule has 0 saturated heterocycles. The van der Waals surface area contributed by atoms with E-state index < -0.39 is 0 Å². The predicted octanol–water partition coefficient (Wildman–Crippen LogP) is 2.90. The topological polar surface area (TPSA) is 56.3 Å². The average Bonchev–Trinajstić information content (AvgIpc) is 3.08. The lowest BCUT2D eigenvalue weighted by atomic mass is 9.92. The van der Waals surface area contributed by atoms with Gasteiger partial charge < -0.3 is 15.0 Å². The first-order valence-corrected chi connectivity index (χ1v) is 7.85. The second kappa shape index (κ2) is 5.56. The molecule has 1 aliphatic heterocycles. The fourth-order valence-corrected chi connectivity index (χ4v) is 3.51. The number of carbonyl (C=O) groups excluding carboxylic acids is 1. The Kier molecular flexibility index (Phi) is 3.39. The average molecular weight is 306 g/mol. The van der Waals surface area contributed by atoms with E-state index >= 15 is 0 Å². The van der Waals surface area contributed by atoms with Gasteiger partial charge >= 0.3 is 0 Å². The summed E-state index contributed by atoms with van der Waals surface area (Å²) in [4.78, 5) is 18.0. The number of fused-ring (bicyclic) bond motifs is 2. The number of aliphatic hydroxyl groups excluding tert-OH is 1. The highest BCUT2D eigenvalue weighted by Gasteiger charge is 2.31. The molecule has 1 amide bonds. The molecular formula is C19H18N2O2. The maximum absolute atomic E-state index is 13.1. The number of para-hydroxylation sites is 1. The van der Waals surface area contributed by atoms with Crippen molar-refractivity contribution in [2.75, 3.05) is 13.2 Å². The minimum atomic E-state index is -0.280. The van der Waals surface area contributed by atoms with E-state index in [2.05, 4.69) is 11.1 Å². The Morgan fingerprint density at radius 3 is 2.91 bits per heavy atom. The Morgan fingerprint density at radius 2 is 2.04 bits per heavy atom. The number of nitrogens with zero attached hydrogens (tertiary/aromatic N) is 1. The third-order valence-corrected chi connectivity index (χ3v) is 4.66. The van der Waals surface area contributed by atoms with Crippen LogP contribution in [-0.2, 0) is 6.42 Å². The molecule has 2 N–H and O–H groups in total. The maximum atomic E-state index is 13.1. The van der Waals surface area contributed by atoms with E-state index in [9.17, 15) is 9.90 Å². The molecule has 4 heteroatoms. The summed E-state index contributed by atoms with van der Waals surface area (Å²) in [7, 11) is 0. The van der Waals surface area contributed by atoms with Crippen LogP contribution in [0.1, 0.15) is 27.5 Å². The quantitative estimate of drug-likeness (QED) is 0.765. The number of carbonyl (C=O) groups is 1. The molecular weight excluding hydrogens is 288 g/mol. The van der Waals surface area contributed by atoms with Gasteiger partial charge in [-0.1, -0.05) is 36.4 Å². The van der Waals surface area contributed by atoms with E-state index in [1.807, 2.05) is 48.7 Å². The van der Waals surface area contributed by atoms with Crippen molar-refractivity contribution < 1.29 is 9.90 Å². The van der Waals surface area contributed by atoms with Crippen molar-refractivity contribution in [3.8, 4) is 0 Å². The standard InChI is InChI=1S/C19H18N2O2/c22-12-17-15-6-2-1-4-13(15)9-11-21(17)19(23)16-7-3-5-14-8-10-20-18(14)16/h1-8,10,17,20,22H,9,11-12H2. The van der Waals surface area contributed by atoms with Crippen LogP contribution in [0.2, 0.25) is 0 Å². The number of aromatic nitrogens is 1. The van der Waals surface area contributed by atoms with Crippen LogP contribution in [0, 0.1) is 0 Å². The number of rotatable bonds is 2. The predicted molar refractivity (Wildman–Crippen MR) is 89.3 cm³/mol. The van der Waals surface area contributed by atoms with E-state index in [1.54, 1.807) is 4.90 Å². The van der Waals surface area contributed by atoms with Gasteiger partial charge in [0, 0.05) is 18.1 Å². The molecule has 0 aliphatic carbocycles. The number of H-pyrrole nitrogens is 1. The number of hydrogen-bond acceptors (Lipinski definition) is 2. The van der Waals surface area contributed by atoms with Crippen LogP contribution >= 0.6 is 0 Å². The van der Waals surface area contributed by atoms with Crippen molar-refractivity contribution in [3.05, 3.63) is 71.4 Å². The van der Waals surface area contributed by atoms with Gasteiger partial charge in [-0.25, -0.2) is 0 Å². The summed E-state index contributed by atoms with van der Waals surface area (Å²) in [6, 6.07) is 15.4. The second-order valence-corrected chi connectivity index (χ2v) is 5.89. The second-order valence-electron chi connectivity index (χ2n) is 5.89. The highest BCUT2D eigenvalue weighted by molar-refractivity contribution is 6.05. The zero-order valence-corrected chi connectivity index (χ0v) is 12.7. The largest absolute Gasteiger partial charge is 0.394 e. The van der Waals surface area contributed by atoms with E-state index in [0.717, 1.165) is 22.9 Å². The number of aromatic amines is 1. The van der Waals surface area contributed by atoms with Crippen LogP contribution in [0.15, 0.2) is 54.7 Å². The molecule has 2 aromatic carbocycles. The highest BCUT2D eigenvalue weighted by Crippen LogP contribution is 2.31. The molecule has 2 heterocycles. The van der Waals surface area contributed by atoms with Gasteiger partial charge in [-0.3, -0.25) is 4.79 Å². The molecule has 3 aromatic rings. The minimum Gasteiger partial charge on any atom is -0.394 e. The first-order valence-electron chi connectivity index (χ1n) is 7.85. The summed E-state index contributed by atoms with van der Waals surface area (Å²) in [6.45, 7) is 0.557. The van der Waals surface area contributed by atoms with Gasteiger partial charge in [0.05, 0.1) is 23.7 Å². The molecule has 4 nitrogen and oxygen atoms in total. The number of aliphatic hydroxyl groups is 1. The summed E-state index contributed by atoms with van der Waals surface area (Å²) in [5.74, 6) is -0.0356. The summed E-state index contributed by atoms with van der Waals surface area (Å²) in [5, 5.41) is 10.9. The summed E-state index contributed by atoms with van der Waals surface area (Å²) < 4.78 is 0. The first-order chi connectivity index (χ1) is 11.3. The van der Waals surface area contributed by atoms with Crippen LogP contribution in [0.5, 0.6) is 0 Å². The number of nitrogens with one attached hydrogen (secondary N) is 1.